The molecule has 1 aliphatic rings. The second-order valence-electron chi connectivity index (χ2n) is 8.02. The summed E-state index contributed by atoms with van der Waals surface area (Å²) in [5.41, 5.74) is 1.81. The topological polar surface area (TPSA) is 48.5 Å². The van der Waals surface area contributed by atoms with Crippen LogP contribution in [0.5, 0.6) is 0 Å². The molecule has 0 radical (unpaired) electrons. The molecule has 0 unspecified atom stereocenters. The number of pyridine rings is 1. The van der Waals surface area contributed by atoms with Gasteiger partial charge in [0.15, 0.2) is 0 Å². The molecule has 0 spiro atoms. The number of aromatic nitrogens is 1. The summed E-state index contributed by atoms with van der Waals surface area (Å²) in [7, 11) is 0. The van der Waals surface area contributed by atoms with E-state index in [-0.39, 0.29) is 5.91 Å². The number of benzene rings is 2. The van der Waals surface area contributed by atoms with Crippen LogP contribution in [0, 0.1) is 0 Å². The van der Waals surface area contributed by atoms with Gasteiger partial charge in [0.25, 0.3) is 0 Å². The largest absolute Gasteiger partial charge is 0.416 e. The number of hydrogen-bond acceptors (Lipinski definition) is 4. The van der Waals surface area contributed by atoms with Crippen molar-refractivity contribution in [3.8, 4) is 0 Å². The number of carbonyl (C=O) groups is 1. The number of halogens is 3. The minimum Gasteiger partial charge on any atom is -0.324 e. The van der Waals surface area contributed by atoms with Gasteiger partial charge in [-0.3, -0.25) is 19.6 Å². The Labute approximate surface area is 184 Å². The fourth-order valence-electron chi connectivity index (χ4n) is 4.00. The van der Waals surface area contributed by atoms with Gasteiger partial charge in [-0.1, -0.05) is 18.2 Å². The molecule has 1 aliphatic heterocycles. The van der Waals surface area contributed by atoms with Crippen LogP contribution < -0.4 is 5.32 Å². The van der Waals surface area contributed by atoms with Crippen LogP contribution in [0.1, 0.15) is 17.5 Å². The van der Waals surface area contributed by atoms with Gasteiger partial charge in [0.1, 0.15) is 0 Å². The molecule has 0 saturated carbocycles. The molecule has 5 nitrogen and oxygen atoms in total. The number of nitrogens with one attached hydrogen (secondary N) is 1. The summed E-state index contributed by atoms with van der Waals surface area (Å²) >= 11 is 0. The lowest BCUT2D eigenvalue weighted by Crippen LogP contribution is -2.36. The van der Waals surface area contributed by atoms with E-state index in [4.69, 9.17) is 0 Å². The van der Waals surface area contributed by atoms with E-state index in [2.05, 4.69) is 20.1 Å². The average Bonchev–Trinajstić information content (AvgIpc) is 2.99. The standard InChI is InChI=1S/C24H25F3N4O/c25-24(26,27)19-9-7-18(8-10-19)16-30-12-3-13-31(15-14-30)17-23(32)29-22-6-1-5-21-20(22)4-2-11-28-21/h1-2,4-11H,3,12-17H2,(H,29,32). The van der Waals surface area contributed by atoms with Gasteiger partial charge in [-0.25, -0.2) is 0 Å². The van der Waals surface area contributed by atoms with Crippen LogP contribution in [0.25, 0.3) is 10.9 Å². The number of fused-ring (bicyclic) bond motifs is 1. The zero-order chi connectivity index (χ0) is 22.6. The van der Waals surface area contributed by atoms with E-state index >= 15 is 0 Å². The first-order valence-corrected chi connectivity index (χ1v) is 10.6. The average molecular weight is 442 g/mol. The van der Waals surface area contributed by atoms with Crippen LogP contribution in [0.4, 0.5) is 18.9 Å². The number of hydrogen-bond donors (Lipinski definition) is 1. The lowest BCUT2D eigenvalue weighted by Gasteiger charge is -2.22. The summed E-state index contributed by atoms with van der Waals surface area (Å²) in [6.07, 6.45) is -1.70. The van der Waals surface area contributed by atoms with E-state index < -0.39 is 11.7 Å². The fourth-order valence-corrected chi connectivity index (χ4v) is 4.00. The molecule has 2 heterocycles. The monoisotopic (exact) mass is 442 g/mol. The van der Waals surface area contributed by atoms with Crippen molar-refractivity contribution in [3.05, 3.63) is 71.9 Å². The van der Waals surface area contributed by atoms with Crippen LogP contribution in [0.15, 0.2) is 60.8 Å². The van der Waals surface area contributed by atoms with Crippen molar-refractivity contribution >= 4 is 22.5 Å². The molecule has 0 atom stereocenters. The lowest BCUT2D eigenvalue weighted by molar-refractivity contribution is -0.137. The smallest absolute Gasteiger partial charge is 0.324 e. The van der Waals surface area contributed by atoms with Crippen molar-refractivity contribution in [1.82, 2.24) is 14.8 Å². The predicted molar refractivity (Wildman–Crippen MR) is 118 cm³/mol. The second kappa shape index (κ2) is 9.67. The van der Waals surface area contributed by atoms with Gasteiger partial charge in [0, 0.05) is 31.2 Å². The zero-order valence-electron chi connectivity index (χ0n) is 17.6. The predicted octanol–water partition coefficient (Wildman–Crippen LogP) is 4.40. The Kier molecular flexibility index (Phi) is 6.72. The molecule has 1 saturated heterocycles. The Morgan fingerprint density at radius 2 is 1.69 bits per heavy atom. The summed E-state index contributed by atoms with van der Waals surface area (Å²) in [5, 5.41) is 3.90. The van der Waals surface area contributed by atoms with Crippen molar-refractivity contribution in [2.45, 2.75) is 19.1 Å². The Hall–Kier alpha value is -2.97. The van der Waals surface area contributed by atoms with Crippen LogP contribution in [0.2, 0.25) is 0 Å². The minimum absolute atomic E-state index is 0.0717. The third-order valence-electron chi connectivity index (χ3n) is 5.66. The SMILES string of the molecule is O=C(CN1CCCN(Cc2ccc(C(F)(F)F)cc2)CC1)Nc1cccc2ncccc12. The number of alkyl halides is 3. The van der Waals surface area contributed by atoms with Crippen molar-refractivity contribution in [1.29, 1.82) is 0 Å². The van der Waals surface area contributed by atoms with Crippen LogP contribution >= 0.6 is 0 Å². The summed E-state index contributed by atoms with van der Waals surface area (Å²) in [4.78, 5) is 21.3. The molecule has 0 bridgehead atoms. The molecule has 1 N–H and O–H groups in total. The minimum atomic E-state index is -4.31. The summed E-state index contributed by atoms with van der Waals surface area (Å²) in [6.45, 7) is 4.02. The van der Waals surface area contributed by atoms with E-state index in [0.29, 0.717) is 13.1 Å². The van der Waals surface area contributed by atoms with Crippen LogP contribution in [0.3, 0.4) is 0 Å². The highest BCUT2D eigenvalue weighted by atomic mass is 19.4. The Morgan fingerprint density at radius 1 is 0.938 bits per heavy atom. The van der Waals surface area contributed by atoms with Crippen LogP contribution in [-0.2, 0) is 17.5 Å². The van der Waals surface area contributed by atoms with Crippen molar-refractivity contribution in [2.75, 3.05) is 38.0 Å². The molecule has 1 amide bonds. The second-order valence-corrected chi connectivity index (χ2v) is 8.02. The summed E-state index contributed by atoms with van der Waals surface area (Å²) in [6, 6.07) is 14.8. The van der Waals surface area contributed by atoms with E-state index in [9.17, 15) is 18.0 Å². The molecular weight excluding hydrogens is 417 g/mol. The van der Waals surface area contributed by atoms with E-state index in [1.54, 1.807) is 6.20 Å². The van der Waals surface area contributed by atoms with Gasteiger partial charge in [0.2, 0.25) is 5.91 Å². The van der Waals surface area contributed by atoms with E-state index in [1.807, 2.05) is 30.3 Å². The number of amides is 1. The van der Waals surface area contributed by atoms with Gasteiger partial charge in [-0.2, -0.15) is 13.2 Å². The van der Waals surface area contributed by atoms with Gasteiger partial charge in [0.05, 0.1) is 23.3 Å². The highest BCUT2D eigenvalue weighted by molar-refractivity contribution is 6.01. The Balaban J connectivity index is 1.30. The molecule has 168 valence electrons. The highest BCUT2D eigenvalue weighted by Gasteiger charge is 2.30. The maximum atomic E-state index is 12.7. The molecule has 1 aromatic heterocycles. The van der Waals surface area contributed by atoms with Gasteiger partial charge < -0.3 is 5.32 Å². The van der Waals surface area contributed by atoms with Crippen LogP contribution in [-0.4, -0.2) is 53.4 Å². The first-order chi connectivity index (χ1) is 15.4. The third kappa shape index (κ3) is 5.63. The van der Waals surface area contributed by atoms with Gasteiger partial charge in [-0.05, 0) is 61.5 Å². The number of carbonyl (C=O) groups excluding carboxylic acids is 1. The molecule has 2 aromatic carbocycles. The molecule has 8 heteroatoms. The fraction of sp³-hybridized carbons (Fsp3) is 0.333. The highest BCUT2D eigenvalue weighted by Crippen LogP contribution is 2.29. The Morgan fingerprint density at radius 3 is 2.47 bits per heavy atom. The third-order valence-corrected chi connectivity index (χ3v) is 5.66. The number of nitrogens with zero attached hydrogens (tertiary/aromatic N) is 3. The van der Waals surface area contributed by atoms with Crippen molar-refractivity contribution in [2.24, 2.45) is 0 Å². The van der Waals surface area contributed by atoms with Gasteiger partial charge >= 0.3 is 6.18 Å². The Bertz CT molecular complexity index is 1060. The maximum absolute atomic E-state index is 12.7. The molecular formula is C24H25F3N4O. The number of rotatable bonds is 5. The van der Waals surface area contributed by atoms with Crippen molar-refractivity contribution < 1.29 is 18.0 Å². The van der Waals surface area contributed by atoms with Gasteiger partial charge in [-0.15, -0.1) is 0 Å². The first kappa shape index (κ1) is 22.2. The molecule has 3 aromatic rings. The number of anilines is 1. The maximum Gasteiger partial charge on any atom is 0.416 e. The molecule has 32 heavy (non-hydrogen) atoms. The van der Waals surface area contributed by atoms with E-state index in [0.717, 1.165) is 66.9 Å². The van der Waals surface area contributed by atoms with E-state index in [1.165, 1.54) is 12.1 Å². The summed E-state index contributed by atoms with van der Waals surface area (Å²) < 4.78 is 38.2. The molecule has 4 rings (SSSR count). The molecule has 0 aliphatic carbocycles. The normalized spacial score (nSPS) is 16.1. The molecule has 1 fully saturated rings. The zero-order valence-corrected chi connectivity index (χ0v) is 17.6. The lowest BCUT2D eigenvalue weighted by atomic mass is 10.1. The van der Waals surface area contributed by atoms with Crippen molar-refractivity contribution in [3.63, 3.8) is 0 Å². The summed E-state index contributed by atoms with van der Waals surface area (Å²) in [5.74, 6) is -0.0717. The quantitative estimate of drug-likeness (QED) is 0.636. The first-order valence-electron chi connectivity index (χ1n) is 10.6.